The molecule has 0 unspecified atom stereocenters. The largest absolute Gasteiger partial charge is 0.436 e. The predicted molar refractivity (Wildman–Crippen MR) is 59.9 cm³/mol. The van der Waals surface area contributed by atoms with Crippen LogP contribution >= 0.6 is 0 Å². The van der Waals surface area contributed by atoms with Crippen LogP contribution in [-0.2, 0) is 0 Å². The van der Waals surface area contributed by atoms with Crippen LogP contribution < -0.4 is 10.5 Å². The van der Waals surface area contributed by atoms with Gasteiger partial charge in [-0.25, -0.2) is 9.37 Å². The van der Waals surface area contributed by atoms with Crippen molar-refractivity contribution in [3.05, 3.63) is 47.9 Å². The van der Waals surface area contributed by atoms with Crippen LogP contribution in [0.25, 0.3) is 0 Å². The number of benzene rings is 1. The molecule has 16 heavy (non-hydrogen) atoms. The summed E-state index contributed by atoms with van der Waals surface area (Å²) in [5.74, 6) is -0.0146. The zero-order chi connectivity index (χ0) is 11.5. The first-order valence-corrected chi connectivity index (χ1v) is 4.81. The molecule has 0 aliphatic carbocycles. The lowest BCUT2D eigenvalue weighted by atomic mass is 10.3. The fourth-order valence-electron chi connectivity index (χ4n) is 1.28. The highest BCUT2D eigenvalue weighted by atomic mass is 19.1. The van der Waals surface area contributed by atoms with Crippen LogP contribution in [0.1, 0.15) is 5.56 Å². The van der Waals surface area contributed by atoms with E-state index in [2.05, 4.69) is 4.98 Å². The minimum absolute atomic E-state index is 0.118. The van der Waals surface area contributed by atoms with Crippen LogP contribution in [0.15, 0.2) is 36.5 Å². The molecule has 0 fully saturated rings. The first-order chi connectivity index (χ1) is 7.65. The molecule has 1 aromatic heterocycles. The molecule has 3 nitrogen and oxygen atoms in total. The van der Waals surface area contributed by atoms with Crippen molar-refractivity contribution < 1.29 is 9.13 Å². The second-order valence-corrected chi connectivity index (χ2v) is 3.46. The van der Waals surface area contributed by atoms with E-state index in [-0.39, 0.29) is 5.75 Å². The molecule has 0 radical (unpaired) electrons. The summed E-state index contributed by atoms with van der Waals surface area (Å²) in [6.07, 6.45) is 1.61. The third kappa shape index (κ3) is 2.28. The van der Waals surface area contributed by atoms with Crippen LogP contribution in [0.2, 0.25) is 0 Å². The van der Waals surface area contributed by atoms with Gasteiger partial charge in [0.25, 0.3) is 0 Å². The molecule has 2 rings (SSSR count). The number of anilines is 1. The maximum atomic E-state index is 13.4. The second kappa shape index (κ2) is 4.18. The monoisotopic (exact) mass is 218 g/mol. The Kier molecular flexibility index (Phi) is 2.72. The summed E-state index contributed by atoms with van der Waals surface area (Å²) in [7, 11) is 0. The predicted octanol–water partition coefficient (Wildman–Crippen LogP) is 2.90. The summed E-state index contributed by atoms with van der Waals surface area (Å²) in [4.78, 5) is 3.98. The van der Waals surface area contributed by atoms with E-state index in [1.165, 1.54) is 12.1 Å². The lowest BCUT2D eigenvalue weighted by Gasteiger charge is -2.06. The fourth-order valence-corrected chi connectivity index (χ4v) is 1.28. The molecule has 1 aromatic carbocycles. The van der Waals surface area contributed by atoms with Gasteiger partial charge in [0.2, 0.25) is 5.88 Å². The standard InChI is InChI=1S/C12H11FN2O/c1-8-4-5-15-12(6-8)16-11-3-2-9(14)7-10(11)13/h2-7H,14H2,1H3. The molecule has 0 atom stereocenters. The first-order valence-electron chi connectivity index (χ1n) is 4.81. The summed E-state index contributed by atoms with van der Waals surface area (Å²) in [6, 6.07) is 7.84. The minimum atomic E-state index is -0.497. The highest BCUT2D eigenvalue weighted by Gasteiger charge is 2.05. The number of hydrogen-bond acceptors (Lipinski definition) is 3. The van der Waals surface area contributed by atoms with E-state index in [0.29, 0.717) is 11.6 Å². The number of rotatable bonds is 2. The summed E-state index contributed by atoms with van der Waals surface area (Å²) in [6.45, 7) is 1.91. The Balaban J connectivity index is 2.27. The molecule has 0 amide bonds. The Labute approximate surface area is 92.7 Å². The molecule has 0 saturated heterocycles. The quantitative estimate of drug-likeness (QED) is 0.788. The van der Waals surface area contributed by atoms with E-state index in [0.717, 1.165) is 5.56 Å². The highest BCUT2D eigenvalue weighted by Crippen LogP contribution is 2.24. The van der Waals surface area contributed by atoms with Crippen LogP contribution in [0.3, 0.4) is 0 Å². The van der Waals surface area contributed by atoms with Gasteiger partial charge in [-0.05, 0) is 30.7 Å². The highest BCUT2D eigenvalue weighted by molar-refractivity contribution is 5.43. The van der Waals surface area contributed by atoms with Gasteiger partial charge in [0.1, 0.15) is 0 Å². The number of nitrogens with zero attached hydrogens (tertiary/aromatic N) is 1. The second-order valence-electron chi connectivity index (χ2n) is 3.46. The Morgan fingerprint density at radius 2 is 2.06 bits per heavy atom. The number of aromatic nitrogens is 1. The molecule has 0 bridgehead atoms. The van der Waals surface area contributed by atoms with Crippen LogP contribution in [0.5, 0.6) is 11.6 Å². The summed E-state index contributed by atoms with van der Waals surface area (Å²) < 4.78 is 18.7. The normalized spacial score (nSPS) is 10.1. The van der Waals surface area contributed by atoms with Crippen molar-refractivity contribution >= 4 is 5.69 Å². The Hall–Kier alpha value is -2.10. The van der Waals surface area contributed by atoms with Gasteiger partial charge in [-0.1, -0.05) is 0 Å². The van der Waals surface area contributed by atoms with Gasteiger partial charge in [-0.2, -0.15) is 0 Å². The van der Waals surface area contributed by atoms with Crippen LogP contribution in [0.4, 0.5) is 10.1 Å². The van der Waals surface area contributed by atoms with Gasteiger partial charge in [0.15, 0.2) is 11.6 Å². The maximum Gasteiger partial charge on any atom is 0.219 e. The molecular weight excluding hydrogens is 207 g/mol. The zero-order valence-corrected chi connectivity index (χ0v) is 8.77. The van der Waals surface area contributed by atoms with Crippen molar-refractivity contribution in [2.45, 2.75) is 6.92 Å². The number of nitrogen functional groups attached to an aromatic ring is 1. The molecular formula is C12H11FN2O. The van der Waals surface area contributed by atoms with Crippen molar-refractivity contribution in [2.75, 3.05) is 5.73 Å². The lowest BCUT2D eigenvalue weighted by molar-refractivity contribution is 0.427. The summed E-state index contributed by atoms with van der Waals surface area (Å²) >= 11 is 0. The maximum absolute atomic E-state index is 13.4. The minimum Gasteiger partial charge on any atom is -0.436 e. The molecule has 1 heterocycles. The lowest BCUT2D eigenvalue weighted by Crippen LogP contribution is -1.93. The van der Waals surface area contributed by atoms with Gasteiger partial charge in [0, 0.05) is 24.0 Å². The summed E-state index contributed by atoms with van der Waals surface area (Å²) in [5.41, 5.74) is 6.80. The van der Waals surface area contributed by atoms with Gasteiger partial charge in [0.05, 0.1) is 0 Å². The van der Waals surface area contributed by atoms with Gasteiger partial charge in [-0.3, -0.25) is 0 Å². The number of halogens is 1. The molecule has 0 saturated carbocycles. The van der Waals surface area contributed by atoms with Crippen molar-refractivity contribution in [1.82, 2.24) is 4.98 Å². The van der Waals surface area contributed by atoms with E-state index in [4.69, 9.17) is 10.5 Å². The Morgan fingerprint density at radius 1 is 1.25 bits per heavy atom. The fraction of sp³-hybridized carbons (Fsp3) is 0.0833. The Bertz CT molecular complexity index is 514. The SMILES string of the molecule is Cc1ccnc(Oc2ccc(N)cc2F)c1. The number of ether oxygens (including phenoxy) is 1. The van der Waals surface area contributed by atoms with Crippen molar-refractivity contribution in [3.8, 4) is 11.6 Å². The number of hydrogen-bond donors (Lipinski definition) is 1. The van der Waals surface area contributed by atoms with Crippen LogP contribution in [0, 0.1) is 12.7 Å². The average molecular weight is 218 g/mol. The number of nitrogens with two attached hydrogens (primary N) is 1. The van der Waals surface area contributed by atoms with Crippen molar-refractivity contribution in [3.63, 3.8) is 0 Å². The van der Waals surface area contributed by atoms with Crippen molar-refractivity contribution in [2.24, 2.45) is 0 Å². The Morgan fingerprint density at radius 3 is 2.75 bits per heavy atom. The molecule has 0 spiro atoms. The van der Waals surface area contributed by atoms with E-state index in [1.54, 1.807) is 18.3 Å². The first kappa shape index (κ1) is 10.4. The number of aryl methyl sites for hydroxylation is 1. The molecule has 4 heteroatoms. The number of pyridine rings is 1. The van der Waals surface area contributed by atoms with E-state index in [1.807, 2.05) is 13.0 Å². The molecule has 0 aliphatic rings. The zero-order valence-electron chi connectivity index (χ0n) is 8.77. The van der Waals surface area contributed by atoms with Gasteiger partial charge >= 0.3 is 0 Å². The third-order valence-corrected chi connectivity index (χ3v) is 2.06. The van der Waals surface area contributed by atoms with E-state index >= 15 is 0 Å². The summed E-state index contributed by atoms with van der Waals surface area (Å²) in [5, 5.41) is 0. The average Bonchev–Trinajstić information content (AvgIpc) is 2.22. The third-order valence-electron chi connectivity index (χ3n) is 2.06. The smallest absolute Gasteiger partial charge is 0.219 e. The van der Waals surface area contributed by atoms with Gasteiger partial charge < -0.3 is 10.5 Å². The van der Waals surface area contributed by atoms with Gasteiger partial charge in [-0.15, -0.1) is 0 Å². The molecule has 2 N–H and O–H groups in total. The van der Waals surface area contributed by atoms with E-state index < -0.39 is 5.82 Å². The molecule has 2 aromatic rings. The van der Waals surface area contributed by atoms with Crippen molar-refractivity contribution in [1.29, 1.82) is 0 Å². The topological polar surface area (TPSA) is 48.1 Å². The molecule has 82 valence electrons. The van der Waals surface area contributed by atoms with Crippen LogP contribution in [-0.4, -0.2) is 4.98 Å². The van der Waals surface area contributed by atoms with E-state index in [9.17, 15) is 4.39 Å². The molecule has 0 aliphatic heterocycles.